The topological polar surface area (TPSA) is 17.8 Å². The molecule has 1 heterocycles. The lowest BCUT2D eigenvalue weighted by Crippen LogP contribution is -2.28. The molecule has 0 N–H and O–H groups in total. The lowest BCUT2D eigenvalue weighted by molar-refractivity contribution is 0.719. The Morgan fingerprint density at radius 1 is 1.55 bits per heavy atom. The molecule has 1 rings (SSSR count). The minimum Gasteiger partial charge on any atom is -0.275 e. The summed E-state index contributed by atoms with van der Waals surface area (Å²) >= 11 is 3.32. The third-order valence-corrected chi connectivity index (χ3v) is 2.94. The van der Waals surface area contributed by atoms with Gasteiger partial charge in [-0.15, -0.1) is 0 Å². The van der Waals surface area contributed by atoms with Gasteiger partial charge >= 0.3 is 0 Å². The van der Waals surface area contributed by atoms with Gasteiger partial charge in [0.05, 0.1) is 8.07 Å². The van der Waals surface area contributed by atoms with E-state index in [4.69, 9.17) is 0 Å². The second kappa shape index (κ2) is 3.11. The first-order valence-corrected chi connectivity index (χ1v) is 8.16. The highest BCUT2D eigenvalue weighted by Gasteiger charge is 2.13. The molecule has 0 fully saturated rings. The van der Waals surface area contributed by atoms with Crippen molar-refractivity contribution in [3.63, 3.8) is 0 Å². The van der Waals surface area contributed by atoms with Crippen molar-refractivity contribution in [3.8, 4) is 0 Å². The van der Waals surface area contributed by atoms with Gasteiger partial charge in [-0.05, 0) is 22.0 Å². The lowest BCUT2D eigenvalue weighted by Gasteiger charge is -2.14. The Labute approximate surface area is 76.7 Å². The molecule has 2 nitrogen and oxygen atoms in total. The molecule has 0 aliphatic heterocycles. The molecule has 11 heavy (non-hydrogen) atoms. The highest BCUT2D eigenvalue weighted by atomic mass is 79.9. The standard InChI is InChI=1S/C7H13BrN2Si/c1-11(2,3)6-10-5-4-7(8)9-10/h4-5H,6H2,1-3H3. The highest BCUT2D eigenvalue weighted by molar-refractivity contribution is 9.10. The van der Waals surface area contributed by atoms with Crippen LogP contribution < -0.4 is 0 Å². The molecular formula is C7H13BrN2Si. The fraction of sp³-hybridized carbons (Fsp3) is 0.571. The van der Waals surface area contributed by atoms with Crippen LogP contribution in [0.15, 0.2) is 16.9 Å². The molecule has 0 saturated heterocycles. The molecule has 0 spiro atoms. The van der Waals surface area contributed by atoms with Crippen molar-refractivity contribution in [1.29, 1.82) is 0 Å². The molecule has 0 aromatic carbocycles. The van der Waals surface area contributed by atoms with Gasteiger partial charge in [0.15, 0.2) is 0 Å². The van der Waals surface area contributed by atoms with Gasteiger partial charge < -0.3 is 0 Å². The van der Waals surface area contributed by atoms with E-state index in [0.29, 0.717) is 0 Å². The smallest absolute Gasteiger partial charge is 0.128 e. The van der Waals surface area contributed by atoms with Gasteiger partial charge in [0.25, 0.3) is 0 Å². The molecule has 1 aromatic rings. The molecule has 62 valence electrons. The number of aromatic nitrogens is 2. The molecule has 4 heteroatoms. The largest absolute Gasteiger partial charge is 0.275 e. The molecule has 0 amide bonds. The third kappa shape index (κ3) is 3.20. The van der Waals surface area contributed by atoms with Gasteiger partial charge in [0.2, 0.25) is 0 Å². The summed E-state index contributed by atoms with van der Waals surface area (Å²) in [6.07, 6.45) is 3.11. The van der Waals surface area contributed by atoms with Crippen LogP contribution in [0.3, 0.4) is 0 Å². The Morgan fingerprint density at radius 3 is 2.55 bits per heavy atom. The van der Waals surface area contributed by atoms with Crippen molar-refractivity contribution >= 4 is 24.0 Å². The number of rotatable bonds is 2. The molecule has 1 aromatic heterocycles. The van der Waals surface area contributed by atoms with Crippen LogP contribution in [0, 0.1) is 0 Å². The average molecular weight is 233 g/mol. The molecule has 0 aliphatic carbocycles. The van der Waals surface area contributed by atoms with E-state index in [9.17, 15) is 0 Å². The van der Waals surface area contributed by atoms with Crippen molar-refractivity contribution < 1.29 is 0 Å². The molecule has 0 aliphatic rings. The monoisotopic (exact) mass is 232 g/mol. The lowest BCUT2D eigenvalue weighted by atomic mass is 10.8. The first-order valence-electron chi connectivity index (χ1n) is 3.66. The van der Waals surface area contributed by atoms with Crippen LogP contribution in [0.4, 0.5) is 0 Å². The maximum atomic E-state index is 4.26. The Hall–Kier alpha value is -0.0931. The van der Waals surface area contributed by atoms with Crippen LogP contribution in [0.5, 0.6) is 0 Å². The summed E-state index contributed by atoms with van der Waals surface area (Å²) in [4.78, 5) is 0. The SMILES string of the molecule is C[Si](C)(C)Cn1ccc(Br)n1. The fourth-order valence-electron chi connectivity index (χ4n) is 0.911. The second-order valence-corrected chi connectivity index (χ2v) is 10.1. The van der Waals surface area contributed by atoms with Crippen molar-refractivity contribution in [1.82, 2.24) is 9.78 Å². The van der Waals surface area contributed by atoms with Crippen molar-refractivity contribution in [2.75, 3.05) is 0 Å². The Bertz CT molecular complexity index is 239. The van der Waals surface area contributed by atoms with Gasteiger partial charge in [0.1, 0.15) is 4.60 Å². The second-order valence-electron chi connectivity index (χ2n) is 3.90. The van der Waals surface area contributed by atoms with Crippen LogP contribution >= 0.6 is 15.9 Å². The molecule has 0 radical (unpaired) electrons. The zero-order chi connectivity index (χ0) is 8.48. The molecule has 0 atom stereocenters. The van der Waals surface area contributed by atoms with Gasteiger partial charge in [-0.25, -0.2) is 0 Å². The van der Waals surface area contributed by atoms with E-state index in [1.54, 1.807) is 0 Å². The summed E-state index contributed by atoms with van der Waals surface area (Å²) in [7, 11) is -1.01. The highest BCUT2D eigenvalue weighted by Crippen LogP contribution is 2.08. The maximum Gasteiger partial charge on any atom is 0.128 e. The Kier molecular flexibility index (Phi) is 2.54. The first kappa shape index (κ1) is 9.00. The van der Waals surface area contributed by atoms with Crippen LogP contribution in [0.2, 0.25) is 19.6 Å². The van der Waals surface area contributed by atoms with Gasteiger partial charge in [-0.1, -0.05) is 19.6 Å². The summed E-state index contributed by atoms with van der Waals surface area (Å²) < 4.78 is 2.94. The molecule has 0 saturated carbocycles. The number of hydrogen-bond acceptors (Lipinski definition) is 1. The number of hydrogen-bond donors (Lipinski definition) is 0. The predicted octanol–water partition coefficient (Wildman–Crippen LogP) is 2.52. The quantitative estimate of drug-likeness (QED) is 0.718. The van der Waals surface area contributed by atoms with Crippen LogP contribution in [-0.2, 0) is 6.17 Å². The molecular weight excluding hydrogens is 220 g/mol. The van der Waals surface area contributed by atoms with E-state index in [0.717, 1.165) is 10.8 Å². The third-order valence-electron chi connectivity index (χ3n) is 1.24. The van der Waals surface area contributed by atoms with Gasteiger partial charge in [-0.3, -0.25) is 4.68 Å². The van der Waals surface area contributed by atoms with Crippen molar-refractivity contribution in [3.05, 3.63) is 16.9 Å². The van der Waals surface area contributed by atoms with Gasteiger partial charge in [-0.2, -0.15) is 5.10 Å². The summed E-state index contributed by atoms with van der Waals surface area (Å²) in [5.74, 6) is 0. The molecule has 0 bridgehead atoms. The van der Waals surface area contributed by atoms with E-state index < -0.39 is 8.07 Å². The zero-order valence-corrected chi connectivity index (χ0v) is 9.72. The minimum atomic E-state index is -1.01. The van der Waals surface area contributed by atoms with E-state index in [1.807, 2.05) is 16.9 Å². The number of nitrogens with zero attached hydrogens (tertiary/aromatic N) is 2. The maximum absolute atomic E-state index is 4.26. The zero-order valence-electron chi connectivity index (χ0n) is 7.13. The van der Waals surface area contributed by atoms with Gasteiger partial charge in [0, 0.05) is 12.4 Å². The molecule has 0 unspecified atom stereocenters. The average Bonchev–Trinajstić information content (AvgIpc) is 2.10. The van der Waals surface area contributed by atoms with Crippen LogP contribution in [-0.4, -0.2) is 17.9 Å². The van der Waals surface area contributed by atoms with Crippen molar-refractivity contribution in [2.24, 2.45) is 0 Å². The summed E-state index contributed by atoms with van der Waals surface area (Å²) in [6, 6.07) is 1.97. The summed E-state index contributed by atoms with van der Waals surface area (Å²) in [6.45, 7) is 7.01. The van der Waals surface area contributed by atoms with E-state index in [-0.39, 0.29) is 0 Å². The predicted molar refractivity (Wildman–Crippen MR) is 53.3 cm³/mol. The van der Waals surface area contributed by atoms with Crippen molar-refractivity contribution in [2.45, 2.75) is 25.8 Å². The first-order chi connectivity index (χ1) is 4.97. The summed E-state index contributed by atoms with van der Waals surface area (Å²) in [5, 5.41) is 4.26. The fourth-order valence-corrected chi connectivity index (χ4v) is 2.38. The normalized spacial score (nSPS) is 12.0. The minimum absolute atomic E-state index is 0.927. The van der Waals surface area contributed by atoms with E-state index in [1.165, 1.54) is 0 Å². The summed E-state index contributed by atoms with van der Waals surface area (Å²) in [5.41, 5.74) is 0. The Balaban J connectivity index is 2.65. The van der Waals surface area contributed by atoms with Crippen LogP contribution in [0.1, 0.15) is 0 Å². The number of halogens is 1. The van der Waals surface area contributed by atoms with E-state index in [2.05, 4.69) is 40.7 Å². The van der Waals surface area contributed by atoms with E-state index >= 15 is 0 Å². The Morgan fingerprint density at radius 2 is 2.18 bits per heavy atom. The van der Waals surface area contributed by atoms with Crippen LogP contribution in [0.25, 0.3) is 0 Å².